The Morgan fingerprint density at radius 2 is 1.96 bits per heavy atom. The Kier molecular flexibility index (Phi) is 5.75. The van der Waals surface area contributed by atoms with Crippen LogP contribution in [-0.4, -0.2) is 74.3 Å². The van der Waals surface area contributed by atoms with E-state index in [1.807, 2.05) is 7.05 Å². The van der Waals surface area contributed by atoms with Gasteiger partial charge in [0.25, 0.3) is 0 Å². The van der Waals surface area contributed by atoms with Crippen LogP contribution in [0.2, 0.25) is 0 Å². The second kappa shape index (κ2) is 8.05. The lowest BCUT2D eigenvalue weighted by Gasteiger charge is -2.61. The molecular weight excluding hydrogens is 324 g/mol. The van der Waals surface area contributed by atoms with Crippen LogP contribution in [0.25, 0.3) is 0 Å². The minimum absolute atomic E-state index is 0.402. The van der Waals surface area contributed by atoms with E-state index >= 15 is 0 Å². The molecule has 2 saturated heterocycles. The number of hydrogen-bond acceptors (Lipinski definition) is 3. The van der Waals surface area contributed by atoms with Crippen molar-refractivity contribution in [1.82, 2.24) is 15.1 Å². The fourth-order valence-electron chi connectivity index (χ4n) is 5.77. The lowest BCUT2D eigenvalue weighted by Crippen LogP contribution is -2.68. The Hall–Kier alpha value is -0.810. The Morgan fingerprint density at radius 1 is 1.15 bits per heavy atom. The zero-order valence-electron chi connectivity index (χ0n) is 16.9. The molecule has 2 aliphatic heterocycles. The first kappa shape index (κ1) is 18.5. The first-order chi connectivity index (χ1) is 12.7. The van der Waals surface area contributed by atoms with Crippen molar-refractivity contribution in [2.24, 2.45) is 16.3 Å². The van der Waals surface area contributed by atoms with Crippen molar-refractivity contribution in [3.63, 3.8) is 0 Å². The Balaban J connectivity index is 1.28. The maximum Gasteiger partial charge on any atom is 0.193 e. The molecule has 4 fully saturated rings. The summed E-state index contributed by atoms with van der Waals surface area (Å²) in [5, 5.41) is 3.83. The predicted molar refractivity (Wildman–Crippen MR) is 107 cm³/mol. The van der Waals surface area contributed by atoms with Crippen LogP contribution in [0, 0.1) is 11.3 Å². The molecule has 1 spiro atoms. The summed E-state index contributed by atoms with van der Waals surface area (Å²) in [6.07, 6.45) is 11.2. The first-order valence-corrected chi connectivity index (χ1v) is 11.1. The molecule has 4 aliphatic rings. The van der Waals surface area contributed by atoms with E-state index in [1.54, 1.807) is 0 Å². The Morgan fingerprint density at radius 3 is 2.62 bits per heavy atom. The van der Waals surface area contributed by atoms with Crippen molar-refractivity contribution in [3.8, 4) is 0 Å². The predicted octanol–water partition coefficient (Wildman–Crippen LogP) is 2.72. The number of nitrogens with zero attached hydrogens (tertiary/aromatic N) is 3. The Bertz CT molecular complexity index is 498. The molecule has 2 saturated carbocycles. The minimum atomic E-state index is 0.402. The molecule has 0 amide bonds. The lowest BCUT2D eigenvalue weighted by molar-refractivity contribution is -0.168. The molecule has 2 aliphatic carbocycles. The standard InChI is InChI=1S/C21H38N4O/c1-3-26-19-14-18(21(19)9-7-10-21)23-20(22-2)25-13-8-17(16-25)15-24-11-5-4-6-12-24/h17-19H,3-16H2,1-2H3,(H,22,23). The first-order valence-electron chi connectivity index (χ1n) is 11.1. The van der Waals surface area contributed by atoms with Crippen molar-refractivity contribution in [1.29, 1.82) is 0 Å². The normalized spacial score (nSPS) is 34.6. The van der Waals surface area contributed by atoms with Gasteiger partial charge in [0.15, 0.2) is 5.96 Å². The van der Waals surface area contributed by atoms with Crippen molar-refractivity contribution in [2.45, 2.75) is 70.4 Å². The summed E-state index contributed by atoms with van der Waals surface area (Å²) in [5.41, 5.74) is 0.402. The fraction of sp³-hybridized carbons (Fsp3) is 0.952. The summed E-state index contributed by atoms with van der Waals surface area (Å²) in [6.45, 7) is 9.21. The lowest BCUT2D eigenvalue weighted by atomic mass is 9.51. The SMILES string of the molecule is CCOC1CC(NC(=NC)N2CCC(CN3CCCCC3)C2)C12CCC2. The van der Waals surface area contributed by atoms with E-state index < -0.39 is 0 Å². The van der Waals surface area contributed by atoms with Crippen LogP contribution in [0.1, 0.15) is 58.3 Å². The third kappa shape index (κ3) is 3.49. The van der Waals surface area contributed by atoms with E-state index in [0.717, 1.165) is 31.4 Å². The zero-order valence-corrected chi connectivity index (χ0v) is 16.9. The minimum Gasteiger partial charge on any atom is -0.378 e. The number of likely N-dealkylation sites (tertiary alicyclic amines) is 2. The number of hydrogen-bond donors (Lipinski definition) is 1. The largest absolute Gasteiger partial charge is 0.378 e. The highest BCUT2D eigenvalue weighted by molar-refractivity contribution is 5.80. The van der Waals surface area contributed by atoms with Crippen molar-refractivity contribution in [3.05, 3.63) is 0 Å². The van der Waals surface area contributed by atoms with Gasteiger partial charge in [-0.3, -0.25) is 4.99 Å². The Labute approximate surface area is 159 Å². The molecule has 3 unspecified atom stereocenters. The van der Waals surface area contributed by atoms with Crippen LogP contribution in [0.3, 0.4) is 0 Å². The average Bonchev–Trinajstić information content (AvgIpc) is 3.05. The molecule has 0 radical (unpaired) electrons. The summed E-state index contributed by atoms with van der Waals surface area (Å²) in [7, 11) is 1.95. The average molecular weight is 363 g/mol. The summed E-state index contributed by atoms with van der Waals surface area (Å²) < 4.78 is 6.01. The summed E-state index contributed by atoms with van der Waals surface area (Å²) >= 11 is 0. The fourth-order valence-corrected chi connectivity index (χ4v) is 5.77. The second-order valence-electron chi connectivity index (χ2n) is 8.97. The van der Waals surface area contributed by atoms with Gasteiger partial charge in [-0.1, -0.05) is 12.8 Å². The quantitative estimate of drug-likeness (QED) is 0.603. The highest BCUT2D eigenvalue weighted by Crippen LogP contribution is 2.57. The van der Waals surface area contributed by atoms with Crippen molar-refractivity contribution in [2.75, 3.05) is 46.4 Å². The van der Waals surface area contributed by atoms with Crippen LogP contribution in [0.5, 0.6) is 0 Å². The van der Waals surface area contributed by atoms with E-state index in [4.69, 9.17) is 4.74 Å². The number of aliphatic imine (C=N–C) groups is 1. The van der Waals surface area contributed by atoms with Gasteiger partial charge in [0, 0.05) is 44.7 Å². The number of piperidine rings is 1. The van der Waals surface area contributed by atoms with Crippen LogP contribution >= 0.6 is 0 Å². The molecule has 5 heteroatoms. The van der Waals surface area contributed by atoms with Gasteiger partial charge in [0.1, 0.15) is 0 Å². The molecule has 2 heterocycles. The zero-order chi connectivity index (χ0) is 18.0. The van der Waals surface area contributed by atoms with E-state index in [1.165, 1.54) is 71.1 Å². The summed E-state index contributed by atoms with van der Waals surface area (Å²) in [4.78, 5) is 9.84. The molecule has 0 bridgehead atoms. The number of ether oxygens (including phenoxy) is 1. The number of nitrogens with one attached hydrogen (secondary N) is 1. The van der Waals surface area contributed by atoms with Gasteiger partial charge in [0.05, 0.1) is 6.10 Å². The van der Waals surface area contributed by atoms with Gasteiger partial charge in [0.2, 0.25) is 0 Å². The van der Waals surface area contributed by atoms with Gasteiger partial charge in [-0.2, -0.15) is 0 Å². The van der Waals surface area contributed by atoms with E-state index in [-0.39, 0.29) is 0 Å². The summed E-state index contributed by atoms with van der Waals surface area (Å²) in [6, 6.07) is 0.563. The van der Waals surface area contributed by atoms with Crippen LogP contribution in [0.4, 0.5) is 0 Å². The van der Waals surface area contributed by atoms with Crippen LogP contribution < -0.4 is 5.32 Å². The molecule has 3 atom stereocenters. The van der Waals surface area contributed by atoms with Crippen LogP contribution in [0.15, 0.2) is 4.99 Å². The highest BCUT2D eigenvalue weighted by Gasteiger charge is 2.59. The number of guanidine groups is 1. The van der Waals surface area contributed by atoms with Gasteiger partial charge in [-0.05, 0) is 64.5 Å². The summed E-state index contributed by atoms with van der Waals surface area (Å²) in [5.74, 6) is 1.94. The van der Waals surface area contributed by atoms with E-state index in [0.29, 0.717) is 17.6 Å². The van der Waals surface area contributed by atoms with Gasteiger partial charge >= 0.3 is 0 Å². The van der Waals surface area contributed by atoms with E-state index in [9.17, 15) is 0 Å². The van der Waals surface area contributed by atoms with Crippen molar-refractivity contribution < 1.29 is 4.74 Å². The molecule has 26 heavy (non-hydrogen) atoms. The topological polar surface area (TPSA) is 40.1 Å². The molecule has 0 aromatic carbocycles. The van der Waals surface area contributed by atoms with Crippen LogP contribution in [-0.2, 0) is 4.74 Å². The smallest absolute Gasteiger partial charge is 0.193 e. The van der Waals surface area contributed by atoms with Gasteiger partial charge in [-0.25, -0.2) is 0 Å². The molecule has 0 aromatic rings. The maximum atomic E-state index is 6.01. The third-order valence-electron chi connectivity index (χ3n) is 7.50. The van der Waals surface area contributed by atoms with Gasteiger partial charge in [-0.15, -0.1) is 0 Å². The molecular formula is C21H38N4O. The molecule has 148 valence electrons. The third-order valence-corrected chi connectivity index (χ3v) is 7.50. The molecule has 5 nitrogen and oxygen atoms in total. The van der Waals surface area contributed by atoms with E-state index in [2.05, 4.69) is 27.0 Å². The number of rotatable bonds is 5. The molecule has 1 N–H and O–H groups in total. The maximum absolute atomic E-state index is 6.01. The van der Waals surface area contributed by atoms with Crippen molar-refractivity contribution >= 4 is 5.96 Å². The molecule has 0 aromatic heterocycles. The molecule has 4 rings (SSSR count). The highest BCUT2D eigenvalue weighted by atomic mass is 16.5. The monoisotopic (exact) mass is 362 g/mol. The second-order valence-corrected chi connectivity index (χ2v) is 8.97. The van der Waals surface area contributed by atoms with Gasteiger partial charge < -0.3 is 19.9 Å².